The van der Waals surface area contributed by atoms with Gasteiger partial charge < -0.3 is 18.9 Å². The first kappa shape index (κ1) is 24.4. The van der Waals surface area contributed by atoms with Crippen LogP contribution in [0.4, 0.5) is 0 Å². The lowest BCUT2D eigenvalue weighted by Gasteiger charge is -2.18. The minimum Gasteiger partial charge on any atom is -0.493 e. The van der Waals surface area contributed by atoms with E-state index in [-0.39, 0.29) is 25.2 Å². The van der Waals surface area contributed by atoms with Crippen LogP contribution in [0, 0.1) is 0 Å². The average Bonchev–Trinajstić information content (AvgIpc) is 3.35. The van der Waals surface area contributed by atoms with Crippen LogP contribution in [-0.4, -0.2) is 19.9 Å². The maximum atomic E-state index is 12.8. The van der Waals surface area contributed by atoms with Crippen molar-refractivity contribution in [2.24, 2.45) is 0 Å². The third-order valence-corrected chi connectivity index (χ3v) is 7.26. The standard InChI is InChI=1S/C29H30NO5.ClH/c1-3-4-5-6-7-8-25(31)35-29-22-16-30-14-13-18-15-24-28(34-17-33-24)21-10-9-20(27(30)26(18)21)19(22)11-12-23(29)32-2;/h9-12,15-16H,3-8,13-14,17H2,1-2H3;1H/q+1;. The molecule has 2 aliphatic heterocycles. The minimum absolute atomic E-state index is 0. The Balaban J connectivity index is 0.00000267. The highest BCUT2D eigenvalue weighted by atomic mass is 35.5. The van der Waals surface area contributed by atoms with E-state index in [1.807, 2.05) is 6.07 Å². The van der Waals surface area contributed by atoms with E-state index >= 15 is 0 Å². The highest BCUT2D eigenvalue weighted by molar-refractivity contribution is 6.17. The van der Waals surface area contributed by atoms with Gasteiger partial charge in [-0.15, -0.1) is 12.4 Å². The van der Waals surface area contributed by atoms with E-state index in [2.05, 4.69) is 42.0 Å². The van der Waals surface area contributed by atoms with Gasteiger partial charge in [0.25, 0.3) is 0 Å². The number of unbranched alkanes of at least 4 members (excludes halogenated alkanes) is 4. The van der Waals surface area contributed by atoms with Crippen molar-refractivity contribution < 1.29 is 28.3 Å². The lowest BCUT2D eigenvalue weighted by Crippen LogP contribution is -2.38. The van der Waals surface area contributed by atoms with E-state index in [0.29, 0.717) is 17.9 Å². The van der Waals surface area contributed by atoms with Crippen LogP contribution in [-0.2, 0) is 17.8 Å². The summed E-state index contributed by atoms with van der Waals surface area (Å²) in [7, 11) is 1.61. The van der Waals surface area contributed by atoms with E-state index < -0.39 is 0 Å². The Morgan fingerprint density at radius 1 is 1.00 bits per heavy atom. The number of halogens is 1. The number of hydrogen-bond donors (Lipinski definition) is 0. The Kier molecular flexibility index (Phi) is 6.80. The molecule has 0 bridgehead atoms. The molecule has 0 spiro atoms. The fourth-order valence-electron chi connectivity index (χ4n) is 5.54. The molecule has 0 saturated heterocycles. The van der Waals surface area contributed by atoms with Gasteiger partial charge in [-0.2, -0.15) is 4.57 Å². The smallest absolute Gasteiger partial charge is 0.311 e. The van der Waals surface area contributed by atoms with Crippen molar-refractivity contribution in [3.05, 3.63) is 42.1 Å². The molecule has 36 heavy (non-hydrogen) atoms. The monoisotopic (exact) mass is 508 g/mol. The first-order valence-corrected chi connectivity index (χ1v) is 12.6. The number of hydrogen-bond acceptors (Lipinski definition) is 5. The number of rotatable bonds is 8. The number of pyridine rings is 1. The van der Waals surface area contributed by atoms with E-state index in [9.17, 15) is 4.79 Å². The van der Waals surface area contributed by atoms with E-state index in [0.717, 1.165) is 65.3 Å². The van der Waals surface area contributed by atoms with Crippen molar-refractivity contribution in [1.29, 1.82) is 0 Å². The van der Waals surface area contributed by atoms with Gasteiger partial charge in [0.2, 0.25) is 12.3 Å². The fourth-order valence-corrected chi connectivity index (χ4v) is 5.54. The van der Waals surface area contributed by atoms with Gasteiger partial charge in [-0.1, -0.05) is 32.6 Å². The molecule has 1 aromatic heterocycles. The van der Waals surface area contributed by atoms with Gasteiger partial charge in [-0.3, -0.25) is 4.79 Å². The van der Waals surface area contributed by atoms with Crippen LogP contribution in [0.3, 0.4) is 0 Å². The molecule has 7 heteroatoms. The summed E-state index contributed by atoms with van der Waals surface area (Å²) >= 11 is 0. The molecular formula is C29H31ClNO5+. The first-order chi connectivity index (χ1) is 17.2. The maximum absolute atomic E-state index is 12.8. The number of esters is 1. The molecule has 0 fully saturated rings. The highest BCUT2D eigenvalue weighted by Crippen LogP contribution is 2.46. The number of carbonyl (C=O) groups is 1. The number of methoxy groups -OCH3 is 1. The fraction of sp³-hybridized carbons (Fsp3) is 0.379. The number of benzene rings is 3. The van der Waals surface area contributed by atoms with Crippen molar-refractivity contribution in [1.82, 2.24) is 0 Å². The van der Waals surface area contributed by atoms with Crippen LogP contribution in [0.15, 0.2) is 36.5 Å². The zero-order valence-corrected chi connectivity index (χ0v) is 21.5. The molecule has 0 atom stereocenters. The summed E-state index contributed by atoms with van der Waals surface area (Å²) in [5.74, 6) is 2.52. The summed E-state index contributed by atoms with van der Waals surface area (Å²) in [6, 6.07) is 10.3. The summed E-state index contributed by atoms with van der Waals surface area (Å²) in [5.41, 5.74) is 2.45. The molecule has 4 aromatic rings. The Morgan fingerprint density at radius 3 is 2.64 bits per heavy atom. The van der Waals surface area contributed by atoms with E-state index in [1.165, 1.54) is 29.3 Å². The Morgan fingerprint density at radius 2 is 1.81 bits per heavy atom. The van der Waals surface area contributed by atoms with Crippen LogP contribution in [0.25, 0.3) is 32.4 Å². The summed E-state index contributed by atoms with van der Waals surface area (Å²) < 4.78 is 25.3. The minimum atomic E-state index is -0.209. The largest absolute Gasteiger partial charge is 0.493 e. The Labute approximate surface area is 216 Å². The summed E-state index contributed by atoms with van der Waals surface area (Å²) in [5, 5.41) is 5.34. The molecule has 3 aromatic carbocycles. The van der Waals surface area contributed by atoms with Gasteiger partial charge >= 0.3 is 5.97 Å². The summed E-state index contributed by atoms with van der Waals surface area (Å²) in [6.07, 6.45) is 8.86. The molecule has 0 unspecified atom stereocenters. The topological polar surface area (TPSA) is 57.9 Å². The second kappa shape index (κ2) is 10.0. The molecule has 2 aliphatic rings. The highest BCUT2D eigenvalue weighted by Gasteiger charge is 2.30. The third-order valence-electron chi connectivity index (χ3n) is 7.26. The number of nitrogens with zero attached hydrogens (tertiary/aromatic N) is 1. The Bertz CT molecular complexity index is 1480. The van der Waals surface area contributed by atoms with Crippen LogP contribution in [0.5, 0.6) is 23.0 Å². The van der Waals surface area contributed by atoms with Gasteiger partial charge in [0.1, 0.15) is 0 Å². The van der Waals surface area contributed by atoms with Gasteiger partial charge in [-0.25, -0.2) is 0 Å². The van der Waals surface area contributed by atoms with Crippen molar-refractivity contribution >= 4 is 50.8 Å². The zero-order valence-electron chi connectivity index (χ0n) is 20.7. The zero-order chi connectivity index (χ0) is 23.9. The summed E-state index contributed by atoms with van der Waals surface area (Å²) in [4.78, 5) is 12.8. The molecule has 6 rings (SSSR count). The van der Waals surface area contributed by atoms with Gasteiger partial charge in [-0.05, 0) is 42.3 Å². The molecule has 0 amide bonds. The normalized spacial score (nSPS) is 13.4. The molecule has 188 valence electrons. The molecule has 0 saturated carbocycles. The van der Waals surface area contributed by atoms with Crippen LogP contribution in [0.1, 0.15) is 51.0 Å². The predicted molar refractivity (Wildman–Crippen MR) is 142 cm³/mol. The molecule has 0 N–H and O–H groups in total. The number of aromatic nitrogens is 1. The van der Waals surface area contributed by atoms with Crippen LogP contribution in [0.2, 0.25) is 0 Å². The number of carbonyl (C=O) groups excluding carboxylic acids is 1. The SMILES string of the molecule is CCCCCCCC(=O)Oc1c(OC)ccc2c1c[n+]1c3c2ccc2c4c(cc(c23)CC1)OCO4.Cl. The number of aryl methyl sites for hydroxylation is 2. The van der Waals surface area contributed by atoms with Crippen molar-refractivity contribution in [2.75, 3.05) is 13.9 Å². The predicted octanol–water partition coefficient (Wildman–Crippen LogP) is 6.41. The van der Waals surface area contributed by atoms with E-state index in [4.69, 9.17) is 18.9 Å². The van der Waals surface area contributed by atoms with Crippen molar-refractivity contribution in [3.63, 3.8) is 0 Å². The van der Waals surface area contributed by atoms with Gasteiger partial charge in [0.15, 0.2) is 35.7 Å². The van der Waals surface area contributed by atoms with Crippen LogP contribution >= 0.6 is 12.4 Å². The second-order valence-electron chi connectivity index (χ2n) is 9.42. The first-order valence-electron chi connectivity index (χ1n) is 12.6. The summed E-state index contributed by atoms with van der Waals surface area (Å²) in [6.45, 7) is 3.28. The molecule has 0 radical (unpaired) electrons. The molecular weight excluding hydrogens is 478 g/mol. The third kappa shape index (κ3) is 3.97. The van der Waals surface area contributed by atoms with Crippen LogP contribution < -0.4 is 23.5 Å². The second-order valence-corrected chi connectivity index (χ2v) is 9.42. The molecule has 0 aliphatic carbocycles. The quantitative estimate of drug-likeness (QED) is 0.0904. The lowest BCUT2D eigenvalue weighted by atomic mass is 9.93. The van der Waals surface area contributed by atoms with E-state index in [1.54, 1.807) is 7.11 Å². The average molecular weight is 509 g/mol. The molecule has 3 heterocycles. The van der Waals surface area contributed by atoms with Gasteiger partial charge in [0, 0.05) is 23.6 Å². The van der Waals surface area contributed by atoms with Gasteiger partial charge in [0.05, 0.1) is 23.3 Å². The maximum Gasteiger partial charge on any atom is 0.311 e. The van der Waals surface area contributed by atoms with Crippen molar-refractivity contribution in [2.45, 2.75) is 58.4 Å². The Hall–Kier alpha value is -3.25. The van der Waals surface area contributed by atoms with Crippen molar-refractivity contribution in [3.8, 4) is 23.0 Å². The molecule has 6 nitrogen and oxygen atoms in total. The number of ether oxygens (including phenoxy) is 4. The lowest BCUT2D eigenvalue weighted by molar-refractivity contribution is -0.670. The number of fused-ring (bicyclic) bond motifs is 4.